The van der Waals surface area contributed by atoms with Crippen LogP contribution in [-0.4, -0.2) is 0 Å². The fourth-order valence-electron chi connectivity index (χ4n) is 3.81. The molecule has 0 radical (unpaired) electrons. The lowest BCUT2D eigenvalue weighted by Gasteiger charge is -2.20. The van der Waals surface area contributed by atoms with E-state index in [1.807, 2.05) is 12.1 Å². The summed E-state index contributed by atoms with van der Waals surface area (Å²) in [4.78, 5) is 0. The molecular formula is C29H32F4O2. The van der Waals surface area contributed by atoms with Crippen LogP contribution in [0.3, 0.4) is 0 Å². The summed E-state index contributed by atoms with van der Waals surface area (Å²) >= 11 is 0. The summed E-state index contributed by atoms with van der Waals surface area (Å²) in [6, 6.07) is 14.8. The third kappa shape index (κ3) is 7.48. The summed E-state index contributed by atoms with van der Waals surface area (Å²) in [6.07, 6.45) is 3.96. The molecule has 0 unspecified atom stereocenters. The first-order chi connectivity index (χ1) is 16.8. The maximum absolute atomic E-state index is 15.0. The summed E-state index contributed by atoms with van der Waals surface area (Å²) in [6.45, 7) is 4.23. The molecule has 0 atom stereocenters. The number of benzene rings is 3. The minimum absolute atomic E-state index is 0.182. The second-order valence-corrected chi connectivity index (χ2v) is 8.66. The number of ether oxygens (including phenoxy) is 2. The lowest BCUT2D eigenvalue weighted by atomic mass is 10.1. The monoisotopic (exact) mass is 488 g/mol. The van der Waals surface area contributed by atoms with Crippen molar-refractivity contribution in [1.29, 1.82) is 0 Å². The van der Waals surface area contributed by atoms with E-state index in [0.717, 1.165) is 74.6 Å². The van der Waals surface area contributed by atoms with Crippen LogP contribution in [0.4, 0.5) is 17.6 Å². The van der Waals surface area contributed by atoms with Gasteiger partial charge in [0.2, 0.25) is 0 Å². The van der Waals surface area contributed by atoms with Crippen molar-refractivity contribution in [3.63, 3.8) is 0 Å². The number of hydrogen-bond donors (Lipinski definition) is 0. The molecule has 0 saturated heterocycles. The Morgan fingerprint density at radius 3 is 1.69 bits per heavy atom. The van der Waals surface area contributed by atoms with Gasteiger partial charge in [0, 0.05) is 0 Å². The summed E-state index contributed by atoms with van der Waals surface area (Å²) in [7, 11) is 0. The van der Waals surface area contributed by atoms with Gasteiger partial charge >= 0.3 is 6.11 Å². The van der Waals surface area contributed by atoms with Crippen molar-refractivity contribution < 1.29 is 27.0 Å². The molecule has 188 valence electrons. The minimum Gasteiger partial charge on any atom is -0.454 e. The third-order valence-electron chi connectivity index (χ3n) is 5.81. The van der Waals surface area contributed by atoms with Crippen LogP contribution < -0.4 is 9.47 Å². The van der Waals surface area contributed by atoms with Gasteiger partial charge in [0.05, 0.1) is 0 Å². The quantitative estimate of drug-likeness (QED) is 0.176. The smallest absolute Gasteiger partial charge is 0.432 e. The Balaban J connectivity index is 1.73. The average molecular weight is 489 g/mol. The Morgan fingerprint density at radius 1 is 0.657 bits per heavy atom. The zero-order valence-corrected chi connectivity index (χ0v) is 20.3. The van der Waals surface area contributed by atoms with Gasteiger partial charge < -0.3 is 9.47 Å². The molecule has 0 bridgehead atoms. The molecule has 6 heteroatoms. The van der Waals surface area contributed by atoms with Crippen LogP contribution >= 0.6 is 0 Å². The summed E-state index contributed by atoms with van der Waals surface area (Å²) in [5.74, 6) is -3.34. The second kappa shape index (κ2) is 12.6. The maximum atomic E-state index is 15.0. The van der Waals surface area contributed by atoms with Gasteiger partial charge in [-0.1, -0.05) is 63.8 Å². The number of hydrogen-bond acceptors (Lipinski definition) is 2. The standard InChI is InChI=1S/C29H32F4O2/c1-3-5-7-9-21-11-15-23(16-12-21)34-26-20-19-25(30)27(28(26)31)29(32,33)35-24-17-13-22(14-18-24)10-8-6-4-2/h11-20H,3-10H2,1-2H3. The Morgan fingerprint density at radius 2 is 1.17 bits per heavy atom. The molecule has 35 heavy (non-hydrogen) atoms. The molecule has 0 heterocycles. The highest BCUT2D eigenvalue weighted by molar-refractivity contribution is 5.39. The molecule has 0 spiro atoms. The highest BCUT2D eigenvalue weighted by Crippen LogP contribution is 2.39. The Kier molecular flexibility index (Phi) is 9.58. The number of alkyl halides is 2. The van der Waals surface area contributed by atoms with Gasteiger partial charge in [-0.25, -0.2) is 8.78 Å². The molecule has 0 aliphatic rings. The minimum atomic E-state index is -4.24. The molecule has 0 saturated carbocycles. The maximum Gasteiger partial charge on any atom is 0.432 e. The average Bonchev–Trinajstić information content (AvgIpc) is 2.83. The lowest BCUT2D eigenvalue weighted by molar-refractivity contribution is -0.189. The zero-order chi connectivity index (χ0) is 25.3. The predicted molar refractivity (Wildman–Crippen MR) is 130 cm³/mol. The number of aryl methyl sites for hydroxylation is 2. The second-order valence-electron chi connectivity index (χ2n) is 8.66. The van der Waals surface area contributed by atoms with E-state index in [2.05, 4.69) is 13.8 Å². The molecule has 2 nitrogen and oxygen atoms in total. The predicted octanol–water partition coefficient (Wildman–Crippen LogP) is 9.35. The van der Waals surface area contributed by atoms with Crippen molar-refractivity contribution in [3.05, 3.63) is 89.0 Å². The fourth-order valence-corrected chi connectivity index (χ4v) is 3.81. The van der Waals surface area contributed by atoms with Gasteiger partial charge in [0.25, 0.3) is 0 Å². The first-order valence-electron chi connectivity index (χ1n) is 12.2. The molecule has 3 rings (SSSR count). The fraction of sp³-hybridized carbons (Fsp3) is 0.379. The Labute approximate surface area is 204 Å². The van der Waals surface area contributed by atoms with E-state index in [4.69, 9.17) is 9.47 Å². The van der Waals surface area contributed by atoms with E-state index in [1.165, 1.54) is 12.1 Å². The van der Waals surface area contributed by atoms with Gasteiger partial charge in [-0.15, -0.1) is 0 Å². The highest BCUT2D eigenvalue weighted by atomic mass is 19.3. The van der Waals surface area contributed by atoms with Crippen LogP contribution in [0.5, 0.6) is 17.2 Å². The first-order valence-corrected chi connectivity index (χ1v) is 12.2. The van der Waals surface area contributed by atoms with Gasteiger partial charge in [-0.05, 0) is 73.2 Å². The van der Waals surface area contributed by atoms with E-state index in [-0.39, 0.29) is 11.5 Å². The van der Waals surface area contributed by atoms with E-state index >= 15 is 4.39 Å². The molecule has 0 aliphatic heterocycles. The topological polar surface area (TPSA) is 18.5 Å². The highest BCUT2D eigenvalue weighted by Gasteiger charge is 2.42. The van der Waals surface area contributed by atoms with Crippen LogP contribution in [-0.2, 0) is 19.0 Å². The number of unbranched alkanes of at least 4 members (excludes halogenated alkanes) is 4. The molecule has 3 aromatic rings. The van der Waals surface area contributed by atoms with Gasteiger partial charge in [-0.2, -0.15) is 8.78 Å². The van der Waals surface area contributed by atoms with Gasteiger partial charge in [0.1, 0.15) is 22.9 Å². The Hall–Kier alpha value is -3.02. The zero-order valence-electron chi connectivity index (χ0n) is 20.3. The van der Waals surface area contributed by atoms with Crippen molar-refractivity contribution in [2.45, 2.75) is 71.3 Å². The largest absolute Gasteiger partial charge is 0.454 e. The van der Waals surface area contributed by atoms with E-state index < -0.39 is 29.1 Å². The Bertz CT molecular complexity index is 1060. The van der Waals surface area contributed by atoms with Crippen LogP contribution in [0.15, 0.2) is 60.7 Å². The summed E-state index contributed by atoms with van der Waals surface area (Å²) < 4.78 is 69.3. The van der Waals surface area contributed by atoms with Crippen LogP contribution in [0.25, 0.3) is 0 Å². The van der Waals surface area contributed by atoms with Crippen molar-refractivity contribution in [2.24, 2.45) is 0 Å². The molecule has 0 aliphatic carbocycles. The van der Waals surface area contributed by atoms with Crippen molar-refractivity contribution in [3.8, 4) is 17.2 Å². The molecule has 0 N–H and O–H groups in total. The SMILES string of the molecule is CCCCCc1ccc(Oc2ccc(F)c(C(F)(F)Oc3ccc(CCCCC)cc3)c2F)cc1. The molecule has 0 aromatic heterocycles. The van der Waals surface area contributed by atoms with Crippen molar-refractivity contribution in [1.82, 2.24) is 0 Å². The summed E-state index contributed by atoms with van der Waals surface area (Å²) in [5.41, 5.74) is 0.596. The third-order valence-corrected chi connectivity index (χ3v) is 5.81. The van der Waals surface area contributed by atoms with E-state index in [1.54, 1.807) is 24.3 Å². The molecule has 0 fully saturated rings. The van der Waals surface area contributed by atoms with Gasteiger partial charge in [-0.3, -0.25) is 0 Å². The van der Waals surface area contributed by atoms with E-state index in [0.29, 0.717) is 0 Å². The van der Waals surface area contributed by atoms with Crippen LogP contribution in [0.1, 0.15) is 69.1 Å². The molecular weight excluding hydrogens is 456 g/mol. The van der Waals surface area contributed by atoms with Crippen LogP contribution in [0.2, 0.25) is 0 Å². The molecule has 0 amide bonds. The van der Waals surface area contributed by atoms with Crippen molar-refractivity contribution >= 4 is 0 Å². The first kappa shape index (κ1) is 26.6. The molecule has 3 aromatic carbocycles. The number of rotatable bonds is 13. The van der Waals surface area contributed by atoms with Crippen molar-refractivity contribution in [2.75, 3.05) is 0 Å². The van der Waals surface area contributed by atoms with E-state index in [9.17, 15) is 13.2 Å². The summed E-state index contributed by atoms with van der Waals surface area (Å²) in [5, 5.41) is 0. The normalized spacial score (nSPS) is 11.5. The lowest BCUT2D eigenvalue weighted by Crippen LogP contribution is -2.25. The van der Waals surface area contributed by atoms with Crippen LogP contribution in [0, 0.1) is 11.6 Å². The van der Waals surface area contributed by atoms with Gasteiger partial charge in [0.15, 0.2) is 11.6 Å². The number of halogens is 4.